The number of rotatable bonds is 5. The van der Waals surface area contributed by atoms with Gasteiger partial charge in [-0.25, -0.2) is 28.0 Å². The van der Waals surface area contributed by atoms with Crippen LogP contribution in [0.15, 0.2) is 28.3 Å². The van der Waals surface area contributed by atoms with Crippen molar-refractivity contribution in [3.63, 3.8) is 0 Å². The Balaban J connectivity index is 2.26. The topological polar surface area (TPSA) is 121 Å². The molecule has 0 unspecified atom stereocenters. The number of hydrogen-bond acceptors (Lipinski definition) is 6. The molecule has 3 rings (SSSR count). The van der Waals surface area contributed by atoms with Crippen LogP contribution >= 0.6 is 11.6 Å². The molecule has 0 radical (unpaired) electrons. The first-order valence-corrected chi connectivity index (χ1v) is 9.82. The fraction of sp³-hybridized carbons (Fsp3) is 0.438. The lowest BCUT2D eigenvalue weighted by molar-refractivity contribution is 0.221. The SMILES string of the molecule is CC(C)(F)CNS(=O)(=O)c1cc2c(c3cnc(Cl)cc13)[C@@H](N=N)C[C@H]2N. The lowest BCUT2D eigenvalue weighted by Crippen LogP contribution is -2.35. The molecular formula is C16H19ClFN5O2S. The summed E-state index contributed by atoms with van der Waals surface area (Å²) in [6, 6.07) is 2.00. The summed E-state index contributed by atoms with van der Waals surface area (Å²) in [6.45, 7) is 2.20. The Morgan fingerprint density at radius 2 is 2.15 bits per heavy atom. The van der Waals surface area contributed by atoms with Crippen LogP contribution in [0.1, 0.15) is 43.5 Å². The number of pyridine rings is 1. The molecule has 1 aliphatic rings. The van der Waals surface area contributed by atoms with Crippen molar-refractivity contribution in [1.29, 1.82) is 5.53 Å². The number of nitrogens with one attached hydrogen (secondary N) is 2. The van der Waals surface area contributed by atoms with Gasteiger partial charge in [0.1, 0.15) is 10.8 Å². The highest BCUT2D eigenvalue weighted by atomic mass is 35.5. The van der Waals surface area contributed by atoms with E-state index in [1.54, 1.807) is 0 Å². The minimum absolute atomic E-state index is 0.0409. The molecule has 10 heteroatoms. The van der Waals surface area contributed by atoms with Gasteiger partial charge in [0.05, 0.1) is 10.9 Å². The van der Waals surface area contributed by atoms with Crippen LogP contribution in [0.3, 0.4) is 0 Å². The molecule has 1 aromatic heterocycles. The number of hydrogen-bond donors (Lipinski definition) is 3. The molecule has 0 amide bonds. The van der Waals surface area contributed by atoms with E-state index >= 15 is 0 Å². The minimum atomic E-state index is -4.02. The summed E-state index contributed by atoms with van der Waals surface area (Å²) in [6.07, 6.45) is 1.87. The second-order valence-corrected chi connectivity index (χ2v) is 9.08. The third-order valence-electron chi connectivity index (χ3n) is 4.36. The van der Waals surface area contributed by atoms with Gasteiger partial charge in [0.25, 0.3) is 0 Å². The van der Waals surface area contributed by atoms with Crippen LogP contribution < -0.4 is 10.5 Å². The highest BCUT2D eigenvalue weighted by Gasteiger charge is 2.34. The number of halogens is 2. The number of aromatic nitrogens is 1. The predicted molar refractivity (Wildman–Crippen MR) is 96.6 cm³/mol. The van der Waals surface area contributed by atoms with Gasteiger partial charge in [0.15, 0.2) is 0 Å². The van der Waals surface area contributed by atoms with Gasteiger partial charge < -0.3 is 5.73 Å². The fourth-order valence-corrected chi connectivity index (χ4v) is 4.74. The van der Waals surface area contributed by atoms with Crippen LogP contribution in [-0.2, 0) is 10.0 Å². The van der Waals surface area contributed by atoms with Crippen molar-refractivity contribution in [3.8, 4) is 0 Å². The Kier molecular flexibility index (Phi) is 4.76. The van der Waals surface area contributed by atoms with Crippen LogP contribution in [0.5, 0.6) is 0 Å². The smallest absolute Gasteiger partial charge is 0.241 e. The second-order valence-electron chi connectivity index (χ2n) is 6.96. The first-order valence-electron chi connectivity index (χ1n) is 7.96. The van der Waals surface area contributed by atoms with Gasteiger partial charge in [0, 0.05) is 29.6 Å². The lowest BCUT2D eigenvalue weighted by atomic mass is 10.0. The molecule has 0 spiro atoms. The van der Waals surface area contributed by atoms with Crippen molar-refractivity contribution in [1.82, 2.24) is 9.71 Å². The van der Waals surface area contributed by atoms with Crippen molar-refractivity contribution >= 4 is 32.4 Å². The van der Waals surface area contributed by atoms with Crippen molar-refractivity contribution < 1.29 is 12.8 Å². The summed E-state index contributed by atoms with van der Waals surface area (Å²) in [7, 11) is -4.02. The van der Waals surface area contributed by atoms with E-state index in [-0.39, 0.29) is 16.6 Å². The summed E-state index contributed by atoms with van der Waals surface area (Å²) in [4.78, 5) is 3.99. The Bertz CT molecular complexity index is 990. The number of benzene rings is 1. The largest absolute Gasteiger partial charge is 0.324 e. The maximum atomic E-state index is 13.8. The first kappa shape index (κ1) is 19.1. The van der Waals surface area contributed by atoms with Gasteiger partial charge >= 0.3 is 0 Å². The molecule has 1 aliphatic carbocycles. The monoisotopic (exact) mass is 399 g/mol. The van der Waals surface area contributed by atoms with E-state index in [0.29, 0.717) is 28.3 Å². The molecular weight excluding hydrogens is 381 g/mol. The summed E-state index contributed by atoms with van der Waals surface area (Å²) < 4.78 is 41.7. The molecule has 0 bridgehead atoms. The summed E-state index contributed by atoms with van der Waals surface area (Å²) >= 11 is 5.97. The molecule has 7 nitrogen and oxygen atoms in total. The van der Waals surface area contributed by atoms with E-state index in [1.807, 2.05) is 0 Å². The van der Waals surface area contributed by atoms with E-state index in [4.69, 9.17) is 22.9 Å². The summed E-state index contributed by atoms with van der Waals surface area (Å²) in [5.74, 6) is 0. The van der Waals surface area contributed by atoms with Gasteiger partial charge in [-0.15, -0.1) is 0 Å². The fourth-order valence-electron chi connectivity index (χ4n) is 3.15. The zero-order valence-electron chi connectivity index (χ0n) is 14.3. The highest BCUT2D eigenvalue weighted by Crippen LogP contribution is 2.45. The highest BCUT2D eigenvalue weighted by molar-refractivity contribution is 7.89. The number of nitrogens with zero attached hydrogens (tertiary/aromatic N) is 2. The van der Waals surface area contributed by atoms with Crippen LogP contribution in [0.2, 0.25) is 5.15 Å². The maximum Gasteiger partial charge on any atom is 0.241 e. The third kappa shape index (κ3) is 3.44. The molecule has 140 valence electrons. The van der Waals surface area contributed by atoms with E-state index < -0.39 is 27.8 Å². The van der Waals surface area contributed by atoms with Gasteiger partial charge in [-0.1, -0.05) is 11.6 Å². The number of sulfonamides is 1. The van der Waals surface area contributed by atoms with Crippen molar-refractivity contribution in [3.05, 3.63) is 34.6 Å². The van der Waals surface area contributed by atoms with Crippen LogP contribution in [0.25, 0.3) is 10.8 Å². The molecule has 0 fully saturated rings. The zero-order chi connectivity index (χ0) is 19.3. The van der Waals surface area contributed by atoms with Crippen molar-refractivity contribution in [2.75, 3.05) is 6.54 Å². The normalized spacial score (nSPS) is 20.3. The molecule has 26 heavy (non-hydrogen) atoms. The van der Waals surface area contributed by atoms with Gasteiger partial charge in [-0.3, -0.25) is 0 Å². The van der Waals surface area contributed by atoms with Crippen molar-refractivity contribution in [2.45, 2.75) is 42.9 Å². The van der Waals surface area contributed by atoms with E-state index in [0.717, 1.165) is 0 Å². The third-order valence-corrected chi connectivity index (χ3v) is 6.01. The maximum absolute atomic E-state index is 13.8. The Hall–Kier alpha value is -1.68. The van der Waals surface area contributed by atoms with Gasteiger partial charge in [-0.2, -0.15) is 5.11 Å². The molecule has 0 saturated carbocycles. The molecule has 2 atom stereocenters. The molecule has 4 N–H and O–H groups in total. The molecule has 2 aromatic rings. The lowest BCUT2D eigenvalue weighted by Gasteiger charge is -2.18. The minimum Gasteiger partial charge on any atom is -0.324 e. The van der Waals surface area contributed by atoms with Gasteiger partial charge in [-0.05, 0) is 43.5 Å². The van der Waals surface area contributed by atoms with E-state index in [2.05, 4.69) is 14.8 Å². The molecule has 1 aromatic carbocycles. The van der Waals surface area contributed by atoms with Crippen molar-refractivity contribution in [2.24, 2.45) is 10.8 Å². The number of alkyl halides is 1. The standard InChI is InChI=1S/C16H19ClFN5O2S/c1-16(2,18)7-22-26(24,25)13-3-9-11(19)5-12(23-20)15(9)10-6-21-14(17)4-8(10)13/h3-4,6,11-12,20,22H,5,7,19H2,1-2H3/t11-,12+/m1/s1. The predicted octanol–water partition coefficient (Wildman–Crippen LogP) is 3.39. The molecule has 1 heterocycles. The molecule has 0 aliphatic heterocycles. The number of nitrogens with two attached hydrogens (primary N) is 1. The van der Waals surface area contributed by atoms with Gasteiger partial charge in [0.2, 0.25) is 10.0 Å². The Morgan fingerprint density at radius 1 is 1.46 bits per heavy atom. The summed E-state index contributed by atoms with van der Waals surface area (Å²) in [5.41, 5.74) is 13.1. The van der Waals surface area contributed by atoms with Crippen LogP contribution in [0.4, 0.5) is 4.39 Å². The second kappa shape index (κ2) is 6.49. The van der Waals surface area contributed by atoms with E-state index in [9.17, 15) is 12.8 Å². The first-order chi connectivity index (χ1) is 12.0. The average molecular weight is 400 g/mol. The Labute approximate surface area is 155 Å². The van der Waals surface area contributed by atoms with Crippen LogP contribution in [0, 0.1) is 5.53 Å². The number of fused-ring (bicyclic) bond motifs is 3. The van der Waals surface area contributed by atoms with Crippen LogP contribution in [-0.4, -0.2) is 25.6 Å². The molecule has 0 saturated heterocycles. The average Bonchev–Trinajstić information content (AvgIpc) is 2.88. The quantitative estimate of drug-likeness (QED) is 0.526. The zero-order valence-corrected chi connectivity index (χ0v) is 15.8. The van der Waals surface area contributed by atoms with E-state index in [1.165, 1.54) is 32.2 Å². The Morgan fingerprint density at radius 3 is 2.77 bits per heavy atom. The summed E-state index contributed by atoms with van der Waals surface area (Å²) in [5, 5.41) is 4.60.